The Morgan fingerprint density at radius 3 is 2.84 bits per heavy atom. The number of piperidine rings is 1. The van der Waals surface area contributed by atoms with E-state index in [0.717, 1.165) is 30.3 Å². The Labute approximate surface area is 152 Å². The Morgan fingerprint density at radius 2 is 1.96 bits per heavy atom. The van der Waals surface area contributed by atoms with Crippen LogP contribution in [0.5, 0.6) is 0 Å². The second-order valence-corrected chi connectivity index (χ2v) is 7.91. The molecule has 2 fully saturated rings. The molecule has 25 heavy (non-hydrogen) atoms. The van der Waals surface area contributed by atoms with Crippen LogP contribution in [-0.4, -0.2) is 44.3 Å². The molecule has 1 saturated carbocycles. The smallest absolute Gasteiger partial charge is 0.233 e. The SMILES string of the molecule is O=C(CSc1n[nH]c(-c2ccccc2)n1)N1CCC[C@@H]2CCCC[C@@H]21. The van der Waals surface area contributed by atoms with E-state index in [0.29, 0.717) is 17.0 Å². The van der Waals surface area contributed by atoms with Crippen LogP contribution in [0.1, 0.15) is 38.5 Å². The van der Waals surface area contributed by atoms with Gasteiger partial charge in [-0.05, 0) is 31.6 Å². The van der Waals surface area contributed by atoms with Crippen molar-refractivity contribution in [2.45, 2.75) is 49.7 Å². The standard InChI is InChI=1S/C19H24N4OS/c24-17(23-12-6-10-14-7-4-5-11-16(14)23)13-25-19-20-18(21-22-19)15-8-2-1-3-9-15/h1-3,8-9,14,16H,4-7,10-13H2,(H,20,21,22)/t14-,16-/m0/s1. The topological polar surface area (TPSA) is 61.9 Å². The number of H-pyrrole nitrogens is 1. The molecule has 132 valence electrons. The molecule has 6 heteroatoms. The highest BCUT2D eigenvalue weighted by Crippen LogP contribution is 2.35. The van der Waals surface area contributed by atoms with Crippen molar-refractivity contribution in [3.05, 3.63) is 30.3 Å². The maximum Gasteiger partial charge on any atom is 0.233 e. The van der Waals surface area contributed by atoms with Gasteiger partial charge in [0, 0.05) is 18.2 Å². The number of hydrogen-bond acceptors (Lipinski definition) is 4. The van der Waals surface area contributed by atoms with Gasteiger partial charge in [0.1, 0.15) is 0 Å². The molecular formula is C19H24N4OS. The highest BCUT2D eigenvalue weighted by atomic mass is 32.2. The predicted molar refractivity (Wildman–Crippen MR) is 99.2 cm³/mol. The molecule has 5 nitrogen and oxygen atoms in total. The minimum atomic E-state index is 0.243. The first-order valence-electron chi connectivity index (χ1n) is 9.21. The number of nitrogens with one attached hydrogen (secondary N) is 1. The maximum absolute atomic E-state index is 12.7. The summed E-state index contributed by atoms with van der Waals surface area (Å²) in [5.74, 6) is 2.15. The zero-order valence-corrected chi connectivity index (χ0v) is 15.2. The van der Waals surface area contributed by atoms with Crippen LogP contribution in [0.15, 0.2) is 35.5 Å². The van der Waals surface area contributed by atoms with E-state index < -0.39 is 0 Å². The fraction of sp³-hybridized carbons (Fsp3) is 0.526. The number of amides is 1. The van der Waals surface area contributed by atoms with E-state index in [-0.39, 0.29) is 5.91 Å². The molecule has 1 aliphatic carbocycles. The van der Waals surface area contributed by atoms with Crippen molar-refractivity contribution in [2.75, 3.05) is 12.3 Å². The van der Waals surface area contributed by atoms with E-state index in [1.165, 1.54) is 43.9 Å². The Morgan fingerprint density at radius 1 is 1.16 bits per heavy atom. The summed E-state index contributed by atoms with van der Waals surface area (Å²) in [6.07, 6.45) is 7.51. The molecule has 1 amide bonds. The van der Waals surface area contributed by atoms with Gasteiger partial charge in [0.05, 0.1) is 5.75 Å². The Bertz CT molecular complexity index is 715. The zero-order valence-electron chi connectivity index (χ0n) is 14.4. The van der Waals surface area contributed by atoms with E-state index in [9.17, 15) is 4.79 Å². The molecule has 1 aromatic carbocycles. The largest absolute Gasteiger partial charge is 0.339 e. The molecule has 1 saturated heterocycles. The summed E-state index contributed by atoms with van der Waals surface area (Å²) >= 11 is 1.43. The summed E-state index contributed by atoms with van der Waals surface area (Å²) < 4.78 is 0. The molecule has 2 heterocycles. The third-order valence-corrected chi connectivity index (χ3v) is 6.23. The molecule has 2 atom stereocenters. The van der Waals surface area contributed by atoms with Gasteiger partial charge in [-0.3, -0.25) is 9.89 Å². The number of carbonyl (C=O) groups is 1. The lowest BCUT2D eigenvalue weighted by Crippen LogP contribution is -2.50. The molecule has 1 aromatic heterocycles. The number of benzene rings is 1. The third kappa shape index (κ3) is 3.73. The number of aromatic nitrogens is 3. The van der Waals surface area contributed by atoms with Crippen molar-refractivity contribution in [1.29, 1.82) is 0 Å². The minimum Gasteiger partial charge on any atom is -0.339 e. The number of fused-ring (bicyclic) bond motifs is 1. The monoisotopic (exact) mass is 356 g/mol. The highest BCUT2D eigenvalue weighted by Gasteiger charge is 2.35. The van der Waals surface area contributed by atoms with E-state index in [4.69, 9.17) is 0 Å². The minimum absolute atomic E-state index is 0.243. The van der Waals surface area contributed by atoms with Crippen LogP contribution in [0, 0.1) is 5.92 Å². The van der Waals surface area contributed by atoms with Gasteiger partial charge in [-0.25, -0.2) is 4.98 Å². The number of likely N-dealkylation sites (tertiary alicyclic amines) is 1. The molecule has 0 unspecified atom stereocenters. The van der Waals surface area contributed by atoms with Gasteiger partial charge in [-0.2, -0.15) is 0 Å². The van der Waals surface area contributed by atoms with Crippen LogP contribution in [0.2, 0.25) is 0 Å². The van der Waals surface area contributed by atoms with Gasteiger partial charge < -0.3 is 4.90 Å². The highest BCUT2D eigenvalue weighted by molar-refractivity contribution is 7.99. The van der Waals surface area contributed by atoms with Crippen LogP contribution in [-0.2, 0) is 4.79 Å². The predicted octanol–water partition coefficient (Wildman–Crippen LogP) is 3.75. The quantitative estimate of drug-likeness (QED) is 0.848. The van der Waals surface area contributed by atoms with Crippen molar-refractivity contribution in [1.82, 2.24) is 20.1 Å². The number of thioether (sulfide) groups is 1. The average molecular weight is 356 g/mol. The fourth-order valence-electron chi connectivity index (χ4n) is 4.18. The summed E-state index contributed by atoms with van der Waals surface area (Å²) in [5, 5.41) is 7.85. The lowest BCUT2D eigenvalue weighted by atomic mass is 9.78. The lowest BCUT2D eigenvalue weighted by molar-refractivity contribution is -0.134. The molecule has 4 rings (SSSR count). The molecular weight excluding hydrogens is 332 g/mol. The summed E-state index contributed by atoms with van der Waals surface area (Å²) in [6.45, 7) is 0.920. The molecule has 2 aliphatic rings. The summed E-state index contributed by atoms with van der Waals surface area (Å²) in [7, 11) is 0. The van der Waals surface area contributed by atoms with Crippen molar-refractivity contribution in [3.8, 4) is 11.4 Å². The van der Waals surface area contributed by atoms with Crippen molar-refractivity contribution < 1.29 is 4.79 Å². The van der Waals surface area contributed by atoms with Crippen molar-refractivity contribution in [2.24, 2.45) is 5.92 Å². The van der Waals surface area contributed by atoms with Gasteiger partial charge in [0.25, 0.3) is 0 Å². The van der Waals surface area contributed by atoms with E-state index in [1.54, 1.807) is 0 Å². The first-order valence-corrected chi connectivity index (χ1v) is 10.2. The molecule has 0 bridgehead atoms. The molecule has 1 N–H and O–H groups in total. The normalized spacial score (nSPS) is 23.3. The van der Waals surface area contributed by atoms with Crippen LogP contribution in [0.3, 0.4) is 0 Å². The van der Waals surface area contributed by atoms with Gasteiger partial charge >= 0.3 is 0 Å². The first-order chi connectivity index (χ1) is 12.3. The van der Waals surface area contributed by atoms with Gasteiger partial charge in [-0.1, -0.05) is 54.9 Å². The lowest BCUT2D eigenvalue weighted by Gasteiger charge is -2.44. The zero-order chi connectivity index (χ0) is 17.1. The van der Waals surface area contributed by atoms with E-state index in [2.05, 4.69) is 20.1 Å². The van der Waals surface area contributed by atoms with Crippen LogP contribution in [0.25, 0.3) is 11.4 Å². The van der Waals surface area contributed by atoms with Crippen LogP contribution < -0.4 is 0 Å². The summed E-state index contributed by atoms with van der Waals surface area (Å²) in [5.41, 5.74) is 1.01. The first kappa shape index (κ1) is 16.6. The second kappa shape index (κ2) is 7.60. The van der Waals surface area contributed by atoms with E-state index in [1.807, 2.05) is 30.3 Å². The van der Waals surface area contributed by atoms with Crippen molar-refractivity contribution in [3.63, 3.8) is 0 Å². The second-order valence-electron chi connectivity index (χ2n) is 6.96. The summed E-state index contributed by atoms with van der Waals surface area (Å²) in [4.78, 5) is 19.4. The van der Waals surface area contributed by atoms with Gasteiger partial charge in [-0.15, -0.1) is 5.10 Å². The van der Waals surface area contributed by atoms with Crippen molar-refractivity contribution >= 4 is 17.7 Å². The average Bonchev–Trinajstić information content (AvgIpc) is 3.15. The number of nitrogens with zero attached hydrogens (tertiary/aromatic N) is 3. The Kier molecular flexibility index (Phi) is 5.06. The number of carbonyl (C=O) groups excluding carboxylic acids is 1. The Balaban J connectivity index is 1.36. The van der Waals surface area contributed by atoms with E-state index >= 15 is 0 Å². The van der Waals surface area contributed by atoms with Crippen LogP contribution >= 0.6 is 11.8 Å². The maximum atomic E-state index is 12.7. The number of hydrogen-bond donors (Lipinski definition) is 1. The molecule has 1 aliphatic heterocycles. The number of rotatable bonds is 4. The van der Waals surface area contributed by atoms with Crippen LogP contribution in [0.4, 0.5) is 0 Å². The number of aromatic amines is 1. The Hall–Kier alpha value is -1.82. The molecule has 2 aromatic rings. The van der Waals surface area contributed by atoms with Gasteiger partial charge in [0.2, 0.25) is 11.1 Å². The molecule has 0 radical (unpaired) electrons. The fourth-order valence-corrected chi connectivity index (χ4v) is 4.86. The summed E-state index contributed by atoms with van der Waals surface area (Å²) in [6, 6.07) is 10.4. The molecule has 0 spiro atoms. The third-order valence-electron chi connectivity index (χ3n) is 5.40. The van der Waals surface area contributed by atoms with Gasteiger partial charge in [0.15, 0.2) is 5.82 Å².